The number of hydrogen-bond acceptors (Lipinski definition) is 3. The van der Waals surface area contributed by atoms with Crippen LogP contribution < -0.4 is 5.32 Å². The van der Waals surface area contributed by atoms with Gasteiger partial charge < -0.3 is 5.32 Å². The molecule has 0 amide bonds. The number of rotatable bonds is 5. The molecule has 0 bridgehead atoms. The Morgan fingerprint density at radius 2 is 2.05 bits per heavy atom. The second-order valence-electron chi connectivity index (χ2n) is 4.84. The van der Waals surface area contributed by atoms with Crippen molar-refractivity contribution in [2.75, 3.05) is 0 Å². The van der Waals surface area contributed by atoms with Crippen molar-refractivity contribution in [3.05, 3.63) is 35.4 Å². The molecule has 0 aromatic carbocycles. The highest BCUT2D eigenvalue weighted by molar-refractivity contribution is 5.13. The first-order valence-electron chi connectivity index (χ1n) is 6.68. The Morgan fingerprint density at radius 3 is 2.57 bits per heavy atom. The summed E-state index contributed by atoms with van der Waals surface area (Å²) in [5.41, 5.74) is 0.462. The van der Waals surface area contributed by atoms with Gasteiger partial charge in [0.25, 0.3) is 0 Å². The summed E-state index contributed by atoms with van der Waals surface area (Å²) in [6, 6.07) is 2.90. The van der Waals surface area contributed by atoms with Crippen LogP contribution in [0.5, 0.6) is 0 Å². The van der Waals surface area contributed by atoms with Crippen molar-refractivity contribution < 1.29 is 13.2 Å². The third kappa shape index (κ3) is 3.63. The molecule has 2 heterocycles. The van der Waals surface area contributed by atoms with E-state index >= 15 is 0 Å². The van der Waals surface area contributed by atoms with Gasteiger partial charge in [0.15, 0.2) is 5.69 Å². The first-order chi connectivity index (χ1) is 9.81. The maximum atomic E-state index is 12.6. The summed E-state index contributed by atoms with van der Waals surface area (Å²) >= 11 is 0. The van der Waals surface area contributed by atoms with E-state index < -0.39 is 11.9 Å². The SMILES string of the molecule is CCn1ccc(C(C)NCc2cc(C(F)(F)F)nn2C)n1. The Morgan fingerprint density at radius 1 is 1.33 bits per heavy atom. The molecule has 21 heavy (non-hydrogen) atoms. The summed E-state index contributed by atoms with van der Waals surface area (Å²) < 4.78 is 40.8. The zero-order valence-electron chi connectivity index (χ0n) is 12.1. The molecule has 0 radical (unpaired) electrons. The van der Waals surface area contributed by atoms with E-state index in [9.17, 15) is 13.2 Å². The summed E-state index contributed by atoms with van der Waals surface area (Å²) in [5.74, 6) is 0. The Hall–Kier alpha value is -1.83. The quantitative estimate of drug-likeness (QED) is 0.923. The van der Waals surface area contributed by atoms with Gasteiger partial charge in [-0.05, 0) is 26.0 Å². The summed E-state index contributed by atoms with van der Waals surface area (Å²) in [4.78, 5) is 0. The molecule has 2 rings (SSSR count). The standard InChI is InChI=1S/C13H18F3N5/c1-4-21-6-5-11(18-21)9(2)17-8-10-7-12(13(14,15)16)19-20(10)3/h5-7,9,17H,4,8H2,1-3H3. The van der Waals surface area contributed by atoms with E-state index in [1.807, 2.05) is 26.1 Å². The van der Waals surface area contributed by atoms with Gasteiger partial charge >= 0.3 is 6.18 Å². The van der Waals surface area contributed by atoms with Crippen LogP contribution in [-0.2, 0) is 26.3 Å². The van der Waals surface area contributed by atoms with Gasteiger partial charge in [-0.1, -0.05) is 0 Å². The molecule has 1 atom stereocenters. The molecule has 1 N–H and O–H groups in total. The molecule has 0 aliphatic carbocycles. The van der Waals surface area contributed by atoms with Gasteiger partial charge in [0.05, 0.1) is 11.4 Å². The van der Waals surface area contributed by atoms with E-state index in [0.717, 1.165) is 18.3 Å². The molecule has 0 saturated heterocycles. The average molecular weight is 301 g/mol. The van der Waals surface area contributed by atoms with Crippen LogP contribution in [0.25, 0.3) is 0 Å². The Bertz CT molecular complexity index is 599. The van der Waals surface area contributed by atoms with Gasteiger partial charge in [-0.15, -0.1) is 0 Å². The van der Waals surface area contributed by atoms with E-state index in [4.69, 9.17) is 0 Å². The van der Waals surface area contributed by atoms with Crippen LogP contribution in [0.1, 0.15) is 37.0 Å². The molecule has 8 heteroatoms. The van der Waals surface area contributed by atoms with Gasteiger partial charge in [-0.3, -0.25) is 9.36 Å². The minimum Gasteiger partial charge on any atom is -0.303 e. The van der Waals surface area contributed by atoms with E-state index in [1.54, 1.807) is 4.68 Å². The molecule has 0 spiro atoms. The topological polar surface area (TPSA) is 47.7 Å². The van der Waals surface area contributed by atoms with Crippen LogP contribution in [0.15, 0.2) is 18.3 Å². The molecule has 1 unspecified atom stereocenters. The van der Waals surface area contributed by atoms with Gasteiger partial charge in [-0.2, -0.15) is 23.4 Å². The highest BCUT2D eigenvalue weighted by atomic mass is 19.4. The van der Waals surface area contributed by atoms with Gasteiger partial charge in [0.2, 0.25) is 0 Å². The molecule has 0 saturated carbocycles. The highest BCUT2D eigenvalue weighted by Gasteiger charge is 2.34. The molecule has 0 aliphatic rings. The van der Waals surface area contributed by atoms with Crippen LogP contribution >= 0.6 is 0 Å². The third-order valence-corrected chi connectivity index (χ3v) is 3.29. The first-order valence-corrected chi connectivity index (χ1v) is 6.68. The molecular weight excluding hydrogens is 283 g/mol. The van der Waals surface area contributed by atoms with E-state index in [-0.39, 0.29) is 6.04 Å². The number of aryl methyl sites for hydroxylation is 2. The van der Waals surface area contributed by atoms with Crippen LogP contribution in [0.3, 0.4) is 0 Å². The monoisotopic (exact) mass is 301 g/mol. The number of nitrogens with one attached hydrogen (secondary N) is 1. The fourth-order valence-electron chi connectivity index (χ4n) is 1.96. The van der Waals surface area contributed by atoms with E-state index in [0.29, 0.717) is 12.2 Å². The lowest BCUT2D eigenvalue weighted by atomic mass is 10.2. The average Bonchev–Trinajstić information content (AvgIpc) is 3.02. The highest BCUT2D eigenvalue weighted by Crippen LogP contribution is 2.28. The third-order valence-electron chi connectivity index (χ3n) is 3.29. The molecule has 2 aromatic rings. The first kappa shape index (κ1) is 15.6. The minimum atomic E-state index is -4.42. The van der Waals surface area contributed by atoms with Crippen LogP contribution in [0.2, 0.25) is 0 Å². The number of nitrogens with zero attached hydrogens (tertiary/aromatic N) is 4. The van der Waals surface area contributed by atoms with Crippen LogP contribution in [0.4, 0.5) is 13.2 Å². The zero-order valence-corrected chi connectivity index (χ0v) is 12.1. The van der Waals surface area contributed by atoms with Gasteiger partial charge in [0, 0.05) is 32.4 Å². The van der Waals surface area contributed by atoms with Crippen molar-refractivity contribution in [1.82, 2.24) is 24.9 Å². The summed E-state index contributed by atoms with van der Waals surface area (Å²) in [6.07, 6.45) is -2.54. The van der Waals surface area contributed by atoms with Gasteiger partial charge in [-0.25, -0.2) is 0 Å². The maximum absolute atomic E-state index is 12.6. The number of hydrogen-bond donors (Lipinski definition) is 1. The fraction of sp³-hybridized carbons (Fsp3) is 0.538. The molecule has 0 fully saturated rings. The summed E-state index contributed by atoms with van der Waals surface area (Å²) in [7, 11) is 1.50. The largest absolute Gasteiger partial charge is 0.435 e. The van der Waals surface area contributed by atoms with Crippen molar-refractivity contribution in [2.24, 2.45) is 7.05 Å². The minimum absolute atomic E-state index is 0.0537. The Labute approximate surface area is 120 Å². The number of alkyl halides is 3. The second-order valence-corrected chi connectivity index (χ2v) is 4.84. The van der Waals surface area contributed by atoms with Gasteiger partial charge in [0.1, 0.15) is 0 Å². The lowest BCUT2D eigenvalue weighted by molar-refractivity contribution is -0.141. The van der Waals surface area contributed by atoms with Crippen molar-refractivity contribution in [2.45, 2.75) is 39.2 Å². The normalized spacial score (nSPS) is 13.6. The lowest BCUT2D eigenvalue weighted by Crippen LogP contribution is -2.20. The molecular formula is C13H18F3N5. The number of aromatic nitrogens is 4. The maximum Gasteiger partial charge on any atom is 0.435 e. The summed E-state index contributed by atoms with van der Waals surface area (Å²) in [6.45, 7) is 4.98. The molecule has 116 valence electrons. The van der Waals surface area contributed by atoms with Crippen molar-refractivity contribution in [1.29, 1.82) is 0 Å². The van der Waals surface area contributed by atoms with E-state index in [2.05, 4.69) is 15.5 Å². The molecule has 2 aromatic heterocycles. The second kappa shape index (κ2) is 5.88. The lowest BCUT2D eigenvalue weighted by Gasteiger charge is -2.11. The van der Waals surface area contributed by atoms with Crippen LogP contribution in [-0.4, -0.2) is 19.6 Å². The smallest absolute Gasteiger partial charge is 0.303 e. The predicted octanol–water partition coefficient (Wildman–Crippen LogP) is 2.51. The summed E-state index contributed by atoms with van der Waals surface area (Å²) in [5, 5.41) is 11.0. The molecule has 0 aliphatic heterocycles. The number of halogens is 3. The predicted molar refractivity (Wildman–Crippen MR) is 71.4 cm³/mol. The van der Waals surface area contributed by atoms with Crippen LogP contribution in [0, 0.1) is 0 Å². The van der Waals surface area contributed by atoms with E-state index in [1.165, 1.54) is 11.7 Å². The Kier molecular flexibility index (Phi) is 4.36. The van der Waals surface area contributed by atoms with Crippen molar-refractivity contribution in [3.63, 3.8) is 0 Å². The van der Waals surface area contributed by atoms with Crippen molar-refractivity contribution in [3.8, 4) is 0 Å². The Balaban J connectivity index is 2.01. The fourth-order valence-corrected chi connectivity index (χ4v) is 1.96. The van der Waals surface area contributed by atoms with Crippen molar-refractivity contribution >= 4 is 0 Å². The molecule has 5 nitrogen and oxygen atoms in total. The zero-order chi connectivity index (χ0) is 15.6.